The number of benzene rings is 1. The van der Waals surface area contributed by atoms with Gasteiger partial charge in [0.05, 0.1) is 41.5 Å². The molecular formula is C27H27N9O2. The number of nitrogens with zero attached hydrogens (tertiary/aromatic N) is 8. The highest BCUT2D eigenvalue weighted by Crippen LogP contribution is 2.26. The summed E-state index contributed by atoms with van der Waals surface area (Å²) < 4.78 is 1.67. The van der Waals surface area contributed by atoms with E-state index >= 15 is 0 Å². The summed E-state index contributed by atoms with van der Waals surface area (Å²) in [6.45, 7) is 5.04. The molecule has 4 heterocycles. The Morgan fingerprint density at radius 1 is 1.13 bits per heavy atom. The molecular weight excluding hydrogens is 482 g/mol. The van der Waals surface area contributed by atoms with Crippen LogP contribution >= 0.6 is 0 Å². The lowest BCUT2D eigenvalue weighted by molar-refractivity contribution is -0.138. The van der Waals surface area contributed by atoms with E-state index in [0.717, 1.165) is 17.7 Å². The Balaban J connectivity index is 1.42. The molecule has 0 radical (unpaired) electrons. The minimum Gasteiger partial charge on any atom is -0.480 e. The third kappa shape index (κ3) is 5.44. The highest BCUT2D eigenvalue weighted by Gasteiger charge is 2.31. The fourth-order valence-electron chi connectivity index (χ4n) is 4.47. The summed E-state index contributed by atoms with van der Waals surface area (Å²) >= 11 is 0. The molecule has 0 saturated carbocycles. The van der Waals surface area contributed by atoms with Gasteiger partial charge < -0.3 is 15.3 Å². The normalized spacial score (nSPS) is 15.0. The number of carboxylic acid groups (broad SMARTS) is 1. The Bertz CT molecular complexity index is 1510. The number of hydrogen-bond acceptors (Lipinski definition) is 9. The smallest absolute Gasteiger partial charge is 0.326 e. The molecule has 0 amide bonds. The first-order chi connectivity index (χ1) is 18.4. The Morgan fingerprint density at radius 2 is 1.95 bits per heavy atom. The SMILES string of the molecule is CC(C)Nc1nc(-c2cccc(C#N)c2)cc(-c2cn(Cc3cccc(N4CCC[C@H]4C(=O)O)n3)nn2)n1. The number of nitriles is 1. The van der Waals surface area contributed by atoms with Gasteiger partial charge in [0.25, 0.3) is 0 Å². The number of hydrogen-bond donors (Lipinski definition) is 2. The molecule has 0 unspecified atom stereocenters. The number of anilines is 2. The van der Waals surface area contributed by atoms with E-state index in [-0.39, 0.29) is 6.04 Å². The number of aliphatic carboxylic acids is 1. The van der Waals surface area contributed by atoms with Gasteiger partial charge in [-0.1, -0.05) is 23.4 Å². The summed E-state index contributed by atoms with van der Waals surface area (Å²) in [4.78, 5) is 27.4. The molecule has 1 aromatic carbocycles. The van der Waals surface area contributed by atoms with Crippen molar-refractivity contribution in [2.24, 2.45) is 0 Å². The molecule has 192 valence electrons. The van der Waals surface area contributed by atoms with Gasteiger partial charge in [0.15, 0.2) is 0 Å². The Morgan fingerprint density at radius 3 is 2.74 bits per heavy atom. The zero-order chi connectivity index (χ0) is 26.6. The number of pyridine rings is 1. The predicted octanol–water partition coefficient (Wildman–Crippen LogP) is 3.59. The van der Waals surface area contributed by atoms with Gasteiger partial charge in [0.1, 0.15) is 17.6 Å². The van der Waals surface area contributed by atoms with Crippen molar-refractivity contribution in [3.05, 3.63) is 66.0 Å². The first-order valence-electron chi connectivity index (χ1n) is 12.4. The zero-order valence-electron chi connectivity index (χ0n) is 21.1. The number of nitrogens with one attached hydrogen (secondary N) is 1. The van der Waals surface area contributed by atoms with Crippen molar-refractivity contribution in [1.82, 2.24) is 29.9 Å². The second kappa shape index (κ2) is 10.6. The van der Waals surface area contributed by atoms with Gasteiger partial charge in [0, 0.05) is 18.2 Å². The van der Waals surface area contributed by atoms with Crippen LogP contribution in [-0.4, -0.2) is 59.7 Å². The zero-order valence-corrected chi connectivity index (χ0v) is 21.1. The van der Waals surface area contributed by atoms with Gasteiger partial charge in [-0.3, -0.25) is 0 Å². The molecule has 11 nitrogen and oxygen atoms in total. The Hall–Kier alpha value is -4.85. The summed E-state index contributed by atoms with van der Waals surface area (Å²) in [5.41, 5.74) is 3.92. The van der Waals surface area contributed by atoms with Gasteiger partial charge in [-0.25, -0.2) is 24.4 Å². The molecule has 1 fully saturated rings. The fraction of sp³-hybridized carbons (Fsp3) is 0.296. The minimum atomic E-state index is -0.828. The van der Waals surface area contributed by atoms with Gasteiger partial charge >= 0.3 is 5.97 Å². The molecule has 3 aromatic heterocycles. The van der Waals surface area contributed by atoms with Crippen molar-refractivity contribution in [3.63, 3.8) is 0 Å². The second-order valence-corrected chi connectivity index (χ2v) is 9.43. The quantitative estimate of drug-likeness (QED) is 0.361. The molecule has 2 N–H and O–H groups in total. The molecule has 5 rings (SSSR count). The molecule has 1 aliphatic rings. The highest BCUT2D eigenvalue weighted by molar-refractivity contribution is 5.78. The van der Waals surface area contributed by atoms with Crippen LogP contribution in [-0.2, 0) is 11.3 Å². The van der Waals surface area contributed by atoms with E-state index < -0.39 is 12.0 Å². The number of aromatic nitrogens is 6. The molecule has 1 atom stereocenters. The van der Waals surface area contributed by atoms with E-state index in [0.29, 0.717) is 53.9 Å². The van der Waals surface area contributed by atoms with Crippen LogP contribution in [0.1, 0.15) is 37.9 Å². The van der Waals surface area contributed by atoms with Crippen LogP contribution < -0.4 is 10.2 Å². The lowest BCUT2D eigenvalue weighted by Crippen LogP contribution is -2.36. The van der Waals surface area contributed by atoms with Crippen LogP contribution in [0.15, 0.2) is 54.7 Å². The second-order valence-electron chi connectivity index (χ2n) is 9.43. The first kappa shape index (κ1) is 24.8. The van der Waals surface area contributed by atoms with E-state index in [2.05, 4.69) is 31.7 Å². The maximum absolute atomic E-state index is 11.6. The van der Waals surface area contributed by atoms with E-state index in [1.54, 1.807) is 23.0 Å². The van der Waals surface area contributed by atoms with Gasteiger partial charge in [-0.15, -0.1) is 5.10 Å². The van der Waals surface area contributed by atoms with Crippen molar-refractivity contribution in [2.75, 3.05) is 16.8 Å². The van der Waals surface area contributed by atoms with Crippen LogP contribution in [0.5, 0.6) is 0 Å². The van der Waals surface area contributed by atoms with Crippen LogP contribution in [0.3, 0.4) is 0 Å². The van der Waals surface area contributed by atoms with Gasteiger partial charge in [-0.2, -0.15) is 5.26 Å². The largest absolute Gasteiger partial charge is 0.480 e. The average Bonchev–Trinajstić information content (AvgIpc) is 3.59. The minimum absolute atomic E-state index is 0.119. The fourth-order valence-corrected chi connectivity index (χ4v) is 4.47. The number of carbonyl (C=O) groups is 1. The first-order valence-corrected chi connectivity index (χ1v) is 12.4. The van der Waals surface area contributed by atoms with E-state index in [1.807, 2.05) is 55.1 Å². The third-order valence-corrected chi connectivity index (χ3v) is 6.18. The van der Waals surface area contributed by atoms with Gasteiger partial charge in [0.2, 0.25) is 5.95 Å². The topological polar surface area (TPSA) is 146 Å². The number of carboxylic acids is 1. The van der Waals surface area contributed by atoms with Crippen LogP contribution in [0.4, 0.5) is 11.8 Å². The molecule has 1 saturated heterocycles. The van der Waals surface area contributed by atoms with E-state index in [9.17, 15) is 15.2 Å². The summed E-state index contributed by atoms with van der Waals surface area (Å²) in [6, 6.07) is 16.4. The van der Waals surface area contributed by atoms with Crippen molar-refractivity contribution in [3.8, 4) is 28.7 Å². The van der Waals surface area contributed by atoms with Crippen molar-refractivity contribution in [2.45, 2.75) is 45.3 Å². The van der Waals surface area contributed by atoms with Crippen LogP contribution in [0.2, 0.25) is 0 Å². The van der Waals surface area contributed by atoms with Crippen molar-refractivity contribution in [1.29, 1.82) is 5.26 Å². The Kier molecular flexibility index (Phi) is 6.95. The van der Waals surface area contributed by atoms with Crippen LogP contribution in [0.25, 0.3) is 22.6 Å². The highest BCUT2D eigenvalue weighted by atomic mass is 16.4. The number of rotatable bonds is 8. The van der Waals surface area contributed by atoms with E-state index in [1.165, 1.54) is 0 Å². The predicted molar refractivity (Wildman–Crippen MR) is 141 cm³/mol. The maximum Gasteiger partial charge on any atom is 0.326 e. The van der Waals surface area contributed by atoms with E-state index in [4.69, 9.17) is 4.98 Å². The molecule has 4 aromatic rings. The molecule has 0 spiro atoms. The summed E-state index contributed by atoms with van der Waals surface area (Å²) in [5.74, 6) is 0.278. The molecule has 0 aliphatic carbocycles. The van der Waals surface area contributed by atoms with Gasteiger partial charge in [-0.05, 0) is 57.0 Å². The third-order valence-electron chi connectivity index (χ3n) is 6.18. The molecule has 38 heavy (non-hydrogen) atoms. The van der Waals surface area contributed by atoms with Crippen LogP contribution in [0, 0.1) is 11.3 Å². The van der Waals surface area contributed by atoms with Crippen molar-refractivity contribution >= 4 is 17.7 Å². The molecule has 11 heteroatoms. The maximum atomic E-state index is 11.6. The average molecular weight is 510 g/mol. The standard InChI is InChI=1S/C27H27N9O2/c1-17(2)29-27-31-21(19-7-3-6-18(12-19)14-28)13-22(32-27)23-16-35(34-33-23)15-20-8-4-10-25(30-20)36-11-5-9-24(36)26(37)38/h3-4,6-8,10,12-13,16-17,24H,5,9,11,15H2,1-2H3,(H,37,38)(H,29,31,32)/t24-/m0/s1. The summed E-state index contributed by atoms with van der Waals surface area (Å²) in [7, 11) is 0. The monoisotopic (exact) mass is 509 g/mol. The molecule has 1 aliphatic heterocycles. The lowest BCUT2D eigenvalue weighted by atomic mass is 10.1. The molecule has 0 bridgehead atoms. The lowest BCUT2D eigenvalue weighted by Gasteiger charge is -2.22. The van der Waals surface area contributed by atoms with Crippen molar-refractivity contribution < 1.29 is 9.90 Å². The Labute approximate surface area is 219 Å². The summed E-state index contributed by atoms with van der Waals surface area (Å²) in [5, 5.41) is 30.7. The summed E-state index contributed by atoms with van der Waals surface area (Å²) in [6.07, 6.45) is 3.23.